The zero-order valence-electron chi connectivity index (χ0n) is 14.0. The van der Waals surface area contributed by atoms with Crippen molar-refractivity contribution in [3.63, 3.8) is 0 Å². The molecule has 0 bridgehead atoms. The third kappa shape index (κ3) is 3.89. The molecule has 1 saturated heterocycles. The molecule has 1 fully saturated rings. The molecule has 1 aliphatic rings. The van der Waals surface area contributed by atoms with Gasteiger partial charge in [0.05, 0.1) is 10.6 Å². The monoisotopic (exact) mass is 379 g/mol. The van der Waals surface area contributed by atoms with Crippen LogP contribution in [0.5, 0.6) is 11.6 Å². The van der Waals surface area contributed by atoms with E-state index in [0.717, 1.165) is 6.54 Å². The summed E-state index contributed by atoms with van der Waals surface area (Å²) in [7, 11) is 0. The van der Waals surface area contributed by atoms with Gasteiger partial charge in [-0.25, -0.2) is 4.98 Å². The van der Waals surface area contributed by atoms with Crippen molar-refractivity contribution in [2.24, 2.45) is 0 Å². The van der Waals surface area contributed by atoms with Crippen LogP contribution in [0.4, 0.5) is 0 Å². The minimum absolute atomic E-state index is 0.0271. The van der Waals surface area contributed by atoms with Gasteiger partial charge < -0.3 is 15.0 Å². The molecule has 1 amide bonds. The number of piperazine rings is 1. The predicted molar refractivity (Wildman–Crippen MR) is 98.7 cm³/mol. The lowest BCUT2D eigenvalue weighted by molar-refractivity contribution is 0.0602. The highest BCUT2D eigenvalue weighted by atomic mass is 35.5. The summed E-state index contributed by atoms with van der Waals surface area (Å²) in [4.78, 5) is 18.8. The number of halogens is 2. The Bertz CT molecular complexity index is 767. The van der Waals surface area contributed by atoms with Gasteiger partial charge in [-0.3, -0.25) is 4.79 Å². The number of carbonyl (C=O) groups excluding carboxylic acids is 1. The van der Waals surface area contributed by atoms with Gasteiger partial charge in [0.2, 0.25) is 5.88 Å². The molecule has 0 radical (unpaired) electrons. The number of aromatic nitrogens is 1. The minimum atomic E-state index is -0.0271. The van der Waals surface area contributed by atoms with Crippen molar-refractivity contribution in [1.82, 2.24) is 15.2 Å². The quantitative estimate of drug-likeness (QED) is 0.875. The maximum Gasteiger partial charge on any atom is 0.255 e. The molecule has 0 spiro atoms. The van der Waals surface area contributed by atoms with Gasteiger partial charge in [-0.15, -0.1) is 0 Å². The zero-order chi connectivity index (χ0) is 18.0. The number of amides is 1. The summed E-state index contributed by atoms with van der Waals surface area (Å²) < 4.78 is 5.65. The first-order valence-corrected chi connectivity index (χ1v) is 8.85. The fraction of sp³-hybridized carbons (Fsp3) is 0.333. The van der Waals surface area contributed by atoms with Crippen molar-refractivity contribution < 1.29 is 9.53 Å². The van der Waals surface area contributed by atoms with Crippen LogP contribution in [-0.2, 0) is 0 Å². The van der Waals surface area contributed by atoms with Crippen molar-refractivity contribution >= 4 is 29.1 Å². The standard InChI is InChI=1S/C18H19Cl2N3O2/c1-11-12(2)23(9-8-21-11)18(24)13-6-7-16(22-10-13)25-15-5-3-4-14(19)17(15)20/h3-7,10-12,21H,8-9H2,1-2H3. The number of hydrogen-bond donors (Lipinski definition) is 1. The van der Waals surface area contributed by atoms with Gasteiger partial charge in [-0.05, 0) is 32.0 Å². The highest BCUT2D eigenvalue weighted by Crippen LogP contribution is 2.34. The second-order valence-electron chi connectivity index (χ2n) is 6.02. The van der Waals surface area contributed by atoms with E-state index in [1.807, 2.05) is 11.8 Å². The fourth-order valence-electron chi connectivity index (χ4n) is 2.75. The van der Waals surface area contributed by atoms with Crippen LogP contribution in [0.15, 0.2) is 36.5 Å². The number of rotatable bonds is 3. The summed E-state index contributed by atoms with van der Waals surface area (Å²) in [6, 6.07) is 8.89. The molecule has 1 aliphatic heterocycles. The van der Waals surface area contributed by atoms with Crippen LogP contribution in [-0.4, -0.2) is 41.0 Å². The molecule has 25 heavy (non-hydrogen) atoms. The van der Waals surface area contributed by atoms with E-state index in [0.29, 0.717) is 33.8 Å². The third-order valence-corrected chi connectivity index (χ3v) is 5.21. The smallest absolute Gasteiger partial charge is 0.255 e. The summed E-state index contributed by atoms with van der Waals surface area (Å²) in [5.74, 6) is 0.744. The van der Waals surface area contributed by atoms with Crippen LogP contribution < -0.4 is 10.1 Å². The number of nitrogens with zero attached hydrogens (tertiary/aromatic N) is 2. The van der Waals surface area contributed by atoms with E-state index < -0.39 is 0 Å². The Morgan fingerprint density at radius 2 is 2.08 bits per heavy atom. The summed E-state index contributed by atoms with van der Waals surface area (Å²) in [6.07, 6.45) is 1.52. The number of hydrogen-bond acceptors (Lipinski definition) is 4. The fourth-order valence-corrected chi connectivity index (χ4v) is 3.08. The Kier molecular flexibility index (Phi) is 5.47. The molecule has 1 N–H and O–H groups in total. The number of benzene rings is 1. The van der Waals surface area contributed by atoms with E-state index in [1.54, 1.807) is 30.3 Å². The Morgan fingerprint density at radius 3 is 2.80 bits per heavy atom. The van der Waals surface area contributed by atoms with E-state index in [2.05, 4.69) is 17.2 Å². The van der Waals surface area contributed by atoms with E-state index in [-0.39, 0.29) is 18.0 Å². The normalized spacial score (nSPS) is 20.4. The van der Waals surface area contributed by atoms with Crippen molar-refractivity contribution in [2.75, 3.05) is 13.1 Å². The van der Waals surface area contributed by atoms with Crippen LogP contribution in [0.1, 0.15) is 24.2 Å². The molecule has 1 aromatic heterocycles. The van der Waals surface area contributed by atoms with Crippen LogP contribution >= 0.6 is 23.2 Å². The molecule has 0 aliphatic carbocycles. The number of carbonyl (C=O) groups is 1. The Hall–Kier alpha value is -1.82. The van der Waals surface area contributed by atoms with Gasteiger partial charge in [0.25, 0.3) is 5.91 Å². The molecule has 2 unspecified atom stereocenters. The van der Waals surface area contributed by atoms with E-state index in [1.165, 1.54) is 6.20 Å². The Labute approximate surface area is 156 Å². The molecule has 132 valence electrons. The molecule has 7 heteroatoms. The number of pyridine rings is 1. The Morgan fingerprint density at radius 1 is 1.28 bits per heavy atom. The lowest BCUT2D eigenvalue weighted by Crippen LogP contribution is -2.57. The van der Waals surface area contributed by atoms with E-state index >= 15 is 0 Å². The molecule has 0 saturated carbocycles. The first kappa shape index (κ1) is 18.0. The van der Waals surface area contributed by atoms with Gasteiger partial charge in [0, 0.05) is 37.4 Å². The molecule has 1 aromatic carbocycles. The molecule has 3 rings (SSSR count). The van der Waals surface area contributed by atoms with Crippen molar-refractivity contribution in [1.29, 1.82) is 0 Å². The van der Waals surface area contributed by atoms with Crippen LogP contribution in [0, 0.1) is 0 Å². The average Bonchev–Trinajstić information content (AvgIpc) is 2.61. The lowest BCUT2D eigenvalue weighted by atomic mass is 10.1. The SMILES string of the molecule is CC1NCCN(C(=O)c2ccc(Oc3cccc(Cl)c3Cl)nc2)C1C. The number of nitrogens with one attached hydrogen (secondary N) is 1. The zero-order valence-corrected chi connectivity index (χ0v) is 15.5. The topological polar surface area (TPSA) is 54.5 Å². The average molecular weight is 380 g/mol. The van der Waals surface area contributed by atoms with E-state index in [9.17, 15) is 4.79 Å². The summed E-state index contributed by atoms with van der Waals surface area (Å²) >= 11 is 12.1. The largest absolute Gasteiger partial charge is 0.437 e. The minimum Gasteiger partial charge on any atom is -0.437 e. The first-order chi connectivity index (χ1) is 12.0. The third-order valence-electron chi connectivity index (χ3n) is 4.41. The van der Waals surface area contributed by atoms with Gasteiger partial charge >= 0.3 is 0 Å². The molecule has 5 nitrogen and oxygen atoms in total. The van der Waals surface area contributed by atoms with Crippen molar-refractivity contribution in [2.45, 2.75) is 25.9 Å². The second kappa shape index (κ2) is 7.60. The summed E-state index contributed by atoms with van der Waals surface area (Å²) in [5, 5.41) is 4.10. The lowest BCUT2D eigenvalue weighted by Gasteiger charge is -2.38. The molecular formula is C18H19Cl2N3O2. The molecule has 2 heterocycles. The first-order valence-electron chi connectivity index (χ1n) is 8.09. The maximum atomic E-state index is 12.7. The van der Waals surface area contributed by atoms with Crippen LogP contribution in [0.2, 0.25) is 10.0 Å². The number of ether oxygens (including phenoxy) is 1. The second-order valence-corrected chi connectivity index (χ2v) is 6.81. The maximum absolute atomic E-state index is 12.7. The van der Waals surface area contributed by atoms with Gasteiger partial charge in [0.15, 0.2) is 0 Å². The summed E-state index contributed by atoms with van der Waals surface area (Å²) in [6.45, 7) is 5.59. The highest BCUT2D eigenvalue weighted by Gasteiger charge is 2.28. The van der Waals surface area contributed by atoms with Gasteiger partial charge in [-0.2, -0.15) is 0 Å². The van der Waals surface area contributed by atoms with E-state index in [4.69, 9.17) is 27.9 Å². The highest BCUT2D eigenvalue weighted by molar-refractivity contribution is 6.42. The molecule has 2 aromatic rings. The molecule has 2 atom stereocenters. The molecular weight excluding hydrogens is 361 g/mol. The Balaban J connectivity index is 1.73. The predicted octanol–water partition coefficient (Wildman–Crippen LogP) is 4.00. The summed E-state index contributed by atoms with van der Waals surface area (Å²) in [5.41, 5.74) is 0.533. The van der Waals surface area contributed by atoms with Crippen LogP contribution in [0.3, 0.4) is 0 Å². The van der Waals surface area contributed by atoms with Crippen molar-refractivity contribution in [3.8, 4) is 11.6 Å². The van der Waals surface area contributed by atoms with Gasteiger partial charge in [0.1, 0.15) is 10.8 Å². The van der Waals surface area contributed by atoms with Gasteiger partial charge in [-0.1, -0.05) is 29.3 Å². The van der Waals surface area contributed by atoms with Crippen molar-refractivity contribution in [3.05, 3.63) is 52.1 Å². The van der Waals surface area contributed by atoms with Crippen LogP contribution in [0.25, 0.3) is 0 Å².